The third-order valence-corrected chi connectivity index (χ3v) is 3.79. The number of carbonyl (C=O) groups excluding carboxylic acids is 2. The molecule has 0 radical (unpaired) electrons. The summed E-state index contributed by atoms with van der Waals surface area (Å²) >= 11 is 11.9. The molecular formula is C17H15Cl2NO3. The van der Waals surface area contributed by atoms with E-state index in [1.165, 1.54) is 7.11 Å². The first-order valence-electron chi connectivity index (χ1n) is 6.92. The lowest BCUT2D eigenvalue weighted by molar-refractivity contribution is -0.116. The van der Waals surface area contributed by atoms with Gasteiger partial charge in [0.1, 0.15) is 0 Å². The number of carbonyl (C=O) groups is 2. The van der Waals surface area contributed by atoms with Crippen molar-refractivity contribution in [3.8, 4) is 0 Å². The molecule has 0 bridgehead atoms. The smallest absolute Gasteiger partial charge is 0.337 e. The number of aryl methyl sites for hydroxylation is 1. The number of anilines is 1. The summed E-state index contributed by atoms with van der Waals surface area (Å²) in [5, 5.41) is 3.84. The Morgan fingerprint density at radius 1 is 1.13 bits per heavy atom. The molecule has 0 aliphatic heterocycles. The molecule has 0 unspecified atom stereocenters. The third-order valence-electron chi connectivity index (χ3n) is 3.20. The molecule has 120 valence electrons. The van der Waals surface area contributed by atoms with Gasteiger partial charge in [0.15, 0.2) is 0 Å². The minimum Gasteiger partial charge on any atom is -0.465 e. The normalized spacial score (nSPS) is 10.2. The fourth-order valence-electron chi connectivity index (χ4n) is 2.04. The number of benzene rings is 2. The highest BCUT2D eigenvalue weighted by molar-refractivity contribution is 6.35. The molecule has 0 fully saturated rings. The van der Waals surface area contributed by atoms with Crippen molar-refractivity contribution >= 4 is 40.8 Å². The van der Waals surface area contributed by atoms with Crippen LogP contribution in [0.25, 0.3) is 0 Å². The molecule has 0 spiro atoms. The van der Waals surface area contributed by atoms with Gasteiger partial charge >= 0.3 is 5.97 Å². The quantitative estimate of drug-likeness (QED) is 0.814. The van der Waals surface area contributed by atoms with Crippen LogP contribution in [0, 0.1) is 0 Å². The number of halogens is 2. The van der Waals surface area contributed by atoms with E-state index in [0.29, 0.717) is 27.7 Å². The second kappa shape index (κ2) is 7.99. The van der Waals surface area contributed by atoms with Crippen molar-refractivity contribution in [2.75, 3.05) is 12.4 Å². The largest absolute Gasteiger partial charge is 0.465 e. The van der Waals surface area contributed by atoms with E-state index < -0.39 is 5.97 Å². The second-order valence-corrected chi connectivity index (χ2v) is 5.70. The molecule has 2 aromatic carbocycles. The minimum absolute atomic E-state index is 0.168. The number of rotatable bonds is 5. The standard InChI is InChI=1S/C17H15Cl2NO3/c1-23-17(22)12-3-2-4-14(9-12)20-16(21)8-6-11-5-7-13(18)10-15(11)19/h2-5,7,9-10H,6,8H2,1H3,(H,20,21). The summed E-state index contributed by atoms with van der Waals surface area (Å²) < 4.78 is 4.65. The van der Waals surface area contributed by atoms with E-state index in [4.69, 9.17) is 23.2 Å². The summed E-state index contributed by atoms with van der Waals surface area (Å²) in [6, 6.07) is 11.8. The van der Waals surface area contributed by atoms with Gasteiger partial charge in [0, 0.05) is 22.2 Å². The highest BCUT2D eigenvalue weighted by atomic mass is 35.5. The van der Waals surface area contributed by atoms with Crippen LogP contribution in [-0.2, 0) is 16.0 Å². The maximum Gasteiger partial charge on any atom is 0.337 e. The summed E-state index contributed by atoms with van der Waals surface area (Å²) in [6.07, 6.45) is 0.766. The van der Waals surface area contributed by atoms with Crippen LogP contribution in [0.4, 0.5) is 5.69 Å². The molecule has 6 heteroatoms. The van der Waals surface area contributed by atoms with Gasteiger partial charge in [-0.05, 0) is 42.3 Å². The summed E-state index contributed by atoms with van der Waals surface area (Å²) in [5.41, 5.74) is 1.78. The predicted octanol–water partition coefficient (Wildman–Crippen LogP) is 4.35. The minimum atomic E-state index is -0.450. The van der Waals surface area contributed by atoms with E-state index in [9.17, 15) is 9.59 Å². The number of hydrogen-bond acceptors (Lipinski definition) is 3. The predicted molar refractivity (Wildman–Crippen MR) is 91.2 cm³/mol. The monoisotopic (exact) mass is 351 g/mol. The van der Waals surface area contributed by atoms with Gasteiger partial charge in [0.25, 0.3) is 0 Å². The van der Waals surface area contributed by atoms with Crippen LogP contribution in [0.15, 0.2) is 42.5 Å². The lowest BCUT2D eigenvalue weighted by atomic mass is 10.1. The molecule has 4 nitrogen and oxygen atoms in total. The first-order valence-corrected chi connectivity index (χ1v) is 7.67. The Morgan fingerprint density at radius 2 is 1.91 bits per heavy atom. The summed E-state index contributed by atoms with van der Waals surface area (Å²) in [5.74, 6) is -0.618. The van der Waals surface area contributed by atoms with Crippen LogP contribution >= 0.6 is 23.2 Å². The summed E-state index contributed by atoms with van der Waals surface area (Å²) in [6.45, 7) is 0. The Morgan fingerprint density at radius 3 is 2.61 bits per heavy atom. The average molecular weight is 352 g/mol. The fraction of sp³-hybridized carbons (Fsp3) is 0.176. The van der Waals surface area contributed by atoms with Crippen molar-refractivity contribution in [1.82, 2.24) is 0 Å². The van der Waals surface area contributed by atoms with E-state index in [0.717, 1.165) is 5.56 Å². The lowest BCUT2D eigenvalue weighted by Crippen LogP contribution is -2.13. The van der Waals surface area contributed by atoms with Gasteiger partial charge in [-0.2, -0.15) is 0 Å². The molecule has 2 aromatic rings. The van der Waals surface area contributed by atoms with Gasteiger partial charge < -0.3 is 10.1 Å². The van der Waals surface area contributed by atoms with E-state index >= 15 is 0 Å². The Labute approximate surface area is 144 Å². The zero-order valence-electron chi connectivity index (χ0n) is 12.4. The van der Waals surface area contributed by atoms with E-state index in [2.05, 4.69) is 10.1 Å². The fourth-order valence-corrected chi connectivity index (χ4v) is 2.54. The lowest BCUT2D eigenvalue weighted by Gasteiger charge is -2.08. The molecule has 1 N–H and O–H groups in total. The van der Waals surface area contributed by atoms with Crippen LogP contribution in [0.1, 0.15) is 22.3 Å². The van der Waals surface area contributed by atoms with Gasteiger partial charge in [0.2, 0.25) is 5.91 Å². The van der Waals surface area contributed by atoms with Gasteiger partial charge in [-0.3, -0.25) is 4.79 Å². The number of ether oxygens (including phenoxy) is 1. The Hall–Kier alpha value is -2.04. The maximum atomic E-state index is 12.0. The Balaban J connectivity index is 1.96. The molecule has 0 atom stereocenters. The molecule has 0 aliphatic carbocycles. The van der Waals surface area contributed by atoms with Crippen molar-refractivity contribution in [2.45, 2.75) is 12.8 Å². The van der Waals surface area contributed by atoms with Crippen LogP contribution < -0.4 is 5.32 Å². The number of methoxy groups -OCH3 is 1. The molecule has 0 heterocycles. The topological polar surface area (TPSA) is 55.4 Å². The third kappa shape index (κ3) is 4.98. The molecule has 23 heavy (non-hydrogen) atoms. The molecule has 0 aromatic heterocycles. The van der Waals surface area contributed by atoms with Gasteiger partial charge in [0.05, 0.1) is 12.7 Å². The van der Waals surface area contributed by atoms with Crippen molar-refractivity contribution in [1.29, 1.82) is 0 Å². The number of esters is 1. The first kappa shape index (κ1) is 17.3. The molecular weight excluding hydrogens is 337 g/mol. The maximum absolute atomic E-state index is 12.0. The van der Waals surface area contributed by atoms with Crippen molar-refractivity contribution in [3.63, 3.8) is 0 Å². The number of hydrogen-bond donors (Lipinski definition) is 1. The van der Waals surface area contributed by atoms with Crippen LogP contribution in [-0.4, -0.2) is 19.0 Å². The summed E-state index contributed by atoms with van der Waals surface area (Å²) in [7, 11) is 1.31. The van der Waals surface area contributed by atoms with Crippen molar-refractivity contribution in [2.24, 2.45) is 0 Å². The zero-order chi connectivity index (χ0) is 16.8. The SMILES string of the molecule is COC(=O)c1cccc(NC(=O)CCc2ccc(Cl)cc2Cl)c1. The number of nitrogens with one attached hydrogen (secondary N) is 1. The van der Waals surface area contributed by atoms with E-state index in [1.54, 1.807) is 42.5 Å². The first-order chi connectivity index (χ1) is 11.0. The van der Waals surface area contributed by atoms with Gasteiger partial charge in [-0.1, -0.05) is 35.3 Å². The van der Waals surface area contributed by atoms with E-state index in [1.807, 2.05) is 0 Å². The van der Waals surface area contributed by atoms with Gasteiger partial charge in [-0.15, -0.1) is 0 Å². The van der Waals surface area contributed by atoms with Crippen LogP contribution in [0.3, 0.4) is 0 Å². The highest BCUT2D eigenvalue weighted by Crippen LogP contribution is 2.22. The van der Waals surface area contributed by atoms with Crippen LogP contribution in [0.2, 0.25) is 10.0 Å². The molecule has 0 aliphatic rings. The van der Waals surface area contributed by atoms with E-state index in [-0.39, 0.29) is 12.3 Å². The zero-order valence-corrected chi connectivity index (χ0v) is 13.9. The molecule has 0 saturated carbocycles. The molecule has 2 rings (SSSR count). The van der Waals surface area contributed by atoms with Crippen molar-refractivity contribution < 1.29 is 14.3 Å². The second-order valence-electron chi connectivity index (χ2n) is 4.86. The van der Waals surface area contributed by atoms with Gasteiger partial charge in [-0.25, -0.2) is 4.79 Å². The van der Waals surface area contributed by atoms with Crippen molar-refractivity contribution in [3.05, 3.63) is 63.6 Å². The Kier molecular flexibility index (Phi) is 6.02. The van der Waals surface area contributed by atoms with Crippen LogP contribution in [0.5, 0.6) is 0 Å². The highest BCUT2D eigenvalue weighted by Gasteiger charge is 2.09. The Bertz CT molecular complexity index is 732. The summed E-state index contributed by atoms with van der Waals surface area (Å²) in [4.78, 5) is 23.5. The number of amides is 1. The average Bonchev–Trinajstić information content (AvgIpc) is 2.53. The molecule has 1 amide bonds. The molecule has 0 saturated heterocycles.